The second-order valence-corrected chi connectivity index (χ2v) is 13.0. The number of rotatable bonds is 13. The first-order chi connectivity index (χ1) is 21.1. The molecule has 9 heteroatoms. The number of carboxylic acid groups (broad SMARTS) is 1. The predicted molar refractivity (Wildman–Crippen MR) is 170 cm³/mol. The van der Waals surface area contributed by atoms with Crippen LogP contribution in [0.25, 0.3) is 0 Å². The van der Waals surface area contributed by atoms with Crippen molar-refractivity contribution in [1.29, 1.82) is 0 Å². The highest BCUT2D eigenvalue weighted by Crippen LogP contribution is 2.43. The zero-order valence-electron chi connectivity index (χ0n) is 26.3. The largest absolute Gasteiger partial charge is 0.481 e. The van der Waals surface area contributed by atoms with E-state index in [2.05, 4.69) is 50.1 Å². The maximum atomic E-state index is 14.2. The topological polar surface area (TPSA) is 92.2 Å². The van der Waals surface area contributed by atoms with Crippen LogP contribution in [-0.2, 0) is 22.6 Å². The Bertz CT molecular complexity index is 1440. The lowest BCUT2D eigenvalue weighted by Crippen LogP contribution is -2.44. The van der Waals surface area contributed by atoms with E-state index in [-0.39, 0.29) is 31.2 Å². The number of anilines is 1. The monoisotopic (exact) mass is 601 g/mol. The number of fused-ring (bicyclic) bond motifs is 1. The summed E-state index contributed by atoms with van der Waals surface area (Å²) in [5.74, 6) is -0.574. The molecule has 0 saturated carbocycles. The van der Waals surface area contributed by atoms with E-state index in [0.717, 1.165) is 40.8 Å². The summed E-state index contributed by atoms with van der Waals surface area (Å²) in [5.41, 5.74) is 3.86. The number of unbranched alkanes of at least 4 members (excludes halogenated alkanes) is 1. The van der Waals surface area contributed by atoms with Crippen LogP contribution in [0.4, 0.5) is 5.69 Å². The molecule has 0 bridgehead atoms. The molecule has 3 heterocycles. The molecule has 2 aliphatic heterocycles. The number of nitrogens with zero attached hydrogens (tertiary/aromatic N) is 4. The van der Waals surface area contributed by atoms with Crippen molar-refractivity contribution in [1.82, 2.24) is 9.88 Å². The number of aromatic nitrogens is 1. The zero-order valence-corrected chi connectivity index (χ0v) is 26.3. The van der Waals surface area contributed by atoms with Crippen LogP contribution in [0.2, 0.25) is 0 Å². The van der Waals surface area contributed by atoms with Gasteiger partial charge in [-0.1, -0.05) is 37.6 Å². The minimum absolute atomic E-state index is 0.0147. The summed E-state index contributed by atoms with van der Waals surface area (Å²) in [4.78, 5) is 35.6. The zero-order chi connectivity index (χ0) is 31.3. The third-order valence-corrected chi connectivity index (χ3v) is 8.53. The second-order valence-electron chi connectivity index (χ2n) is 13.0. The number of likely N-dealkylation sites (tertiary alicyclic amines) is 1. The predicted octanol–water partition coefficient (Wildman–Crippen LogP) is 4.95. The normalized spacial score (nSPS) is 19.7. The number of aliphatic carboxylic acids is 1. The maximum absolute atomic E-state index is 14.2. The van der Waals surface area contributed by atoms with Crippen LogP contribution >= 0.6 is 0 Å². The van der Waals surface area contributed by atoms with Crippen LogP contribution in [-0.4, -0.2) is 85.0 Å². The van der Waals surface area contributed by atoms with E-state index in [0.29, 0.717) is 37.4 Å². The number of hydrogen-bond donors (Lipinski definition) is 1. The van der Waals surface area contributed by atoms with E-state index in [1.807, 2.05) is 53.4 Å². The van der Waals surface area contributed by atoms with Gasteiger partial charge in [-0.05, 0) is 61.2 Å². The molecule has 0 aliphatic carbocycles. The van der Waals surface area contributed by atoms with Crippen molar-refractivity contribution in [2.45, 2.75) is 51.1 Å². The lowest BCUT2D eigenvalue weighted by molar-refractivity contribution is -0.884. The molecule has 1 amide bonds. The standard InChI is InChI=1S/C35H44N4O5/c1-5-6-18-38(28-12-9-10-25(19-28)23-39(2,3)4)33(40)22-37-21-29(26-13-16-31-32(20-26)44-24-43-31)34(35(41)42)30(37)15-14-27-11-7-8-17-36-27/h7-13,16-17,19-20,29-30,34H,5-6,14-15,18,21-24H2,1-4H3/p+1/t29-,30+,34?/m1/s1. The Morgan fingerprint density at radius 3 is 2.59 bits per heavy atom. The Hall–Kier alpha value is -3.95. The molecule has 9 nitrogen and oxygen atoms in total. The quantitative estimate of drug-likeness (QED) is 0.277. The van der Waals surface area contributed by atoms with Crippen molar-refractivity contribution in [2.75, 3.05) is 52.5 Å². The molecule has 1 saturated heterocycles. The van der Waals surface area contributed by atoms with Crippen molar-refractivity contribution >= 4 is 17.6 Å². The van der Waals surface area contributed by atoms with Crippen LogP contribution < -0.4 is 14.4 Å². The highest BCUT2D eigenvalue weighted by atomic mass is 16.7. The smallest absolute Gasteiger partial charge is 0.308 e. The maximum Gasteiger partial charge on any atom is 0.308 e. The molecule has 2 aromatic carbocycles. The van der Waals surface area contributed by atoms with E-state index >= 15 is 0 Å². The van der Waals surface area contributed by atoms with Crippen molar-refractivity contribution < 1.29 is 28.7 Å². The highest BCUT2D eigenvalue weighted by molar-refractivity contribution is 5.95. The van der Waals surface area contributed by atoms with Crippen LogP contribution in [0, 0.1) is 5.92 Å². The van der Waals surface area contributed by atoms with Crippen molar-refractivity contribution in [3.8, 4) is 11.5 Å². The molecule has 5 rings (SSSR count). The van der Waals surface area contributed by atoms with Crippen molar-refractivity contribution in [2.24, 2.45) is 5.92 Å². The average molecular weight is 602 g/mol. The Morgan fingerprint density at radius 2 is 1.86 bits per heavy atom. The van der Waals surface area contributed by atoms with Crippen LogP contribution in [0.15, 0.2) is 66.9 Å². The summed E-state index contributed by atoms with van der Waals surface area (Å²) in [6.45, 7) is 4.34. The van der Waals surface area contributed by atoms with Gasteiger partial charge in [-0.3, -0.25) is 19.5 Å². The summed E-state index contributed by atoms with van der Waals surface area (Å²) in [6.07, 6.45) is 4.81. The van der Waals surface area contributed by atoms with E-state index in [1.54, 1.807) is 6.20 Å². The third-order valence-electron chi connectivity index (χ3n) is 8.53. The summed E-state index contributed by atoms with van der Waals surface area (Å²) in [6, 6.07) is 19.4. The van der Waals surface area contributed by atoms with Gasteiger partial charge in [0.25, 0.3) is 0 Å². The summed E-state index contributed by atoms with van der Waals surface area (Å²) in [7, 11) is 6.46. The molecular formula is C35H45N4O5+. The highest BCUT2D eigenvalue weighted by Gasteiger charge is 2.47. The van der Waals surface area contributed by atoms with Crippen LogP contribution in [0.1, 0.15) is 48.9 Å². The number of carbonyl (C=O) groups is 2. The minimum Gasteiger partial charge on any atom is -0.481 e. The van der Waals surface area contributed by atoms with Gasteiger partial charge in [0.2, 0.25) is 12.7 Å². The molecule has 1 N–H and O–H groups in total. The molecule has 44 heavy (non-hydrogen) atoms. The summed E-state index contributed by atoms with van der Waals surface area (Å²) < 4.78 is 11.9. The molecule has 2 aliphatic rings. The number of pyridine rings is 1. The SMILES string of the molecule is CCCCN(C(=O)CN1C[C@H](c2ccc3c(c2)OCO3)C(C(=O)O)[C@@H]1CCc1ccccn1)c1cccc(C[N+](C)(C)C)c1. The molecule has 3 aromatic rings. The molecule has 1 fully saturated rings. The lowest BCUT2D eigenvalue weighted by atomic mass is 9.83. The molecule has 0 spiro atoms. The van der Waals surface area contributed by atoms with Gasteiger partial charge in [-0.15, -0.1) is 0 Å². The molecule has 1 aromatic heterocycles. The van der Waals surface area contributed by atoms with Gasteiger partial charge in [0.05, 0.1) is 33.6 Å². The van der Waals surface area contributed by atoms with Crippen LogP contribution in [0.5, 0.6) is 11.5 Å². The number of quaternary nitrogens is 1. The Kier molecular flexibility index (Phi) is 9.86. The first-order valence-corrected chi connectivity index (χ1v) is 15.6. The average Bonchev–Trinajstić information content (AvgIpc) is 3.60. The molecular weight excluding hydrogens is 556 g/mol. The summed E-state index contributed by atoms with van der Waals surface area (Å²) >= 11 is 0. The van der Waals surface area contributed by atoms with Gasteiger partial charge in [-0.2, -0.15) is 0 Å². The third kappa shape index (κ3) is 7.57. The number of amides is 1. The second kappa shape index (κ2) is 13.8. The van der Waals surface area contributed by atoms with Gasteiger partial charge in [0.15, 0.2) is 11.5 Å². The first kappa shape index (κ1) is 31.5. The van der Waals surface area contributed by atoms with Gasteiger partial charge >= 0.3 is 5.97 Å². The Balaban J connectivity index is 1.44. The van der Waals surface area contributed by atoms with E-state index < -0.39 is 11.9 Å². The van der Waals surface area contributed by atoms with E-state index in [9.17, 15) is 14.7 Å². The number of aryl methyl sites for hydroxylation is 1. The van der Waals surface area contributed by atoms with Crippen molar-refractivity contribution in [3.63, 3.8) is 0 Å². The Morgan fingerprint density at radius 1 is 1.05 bits per heavy atom. The van der Waals surface area contributed by atoms with Gasteiger partial charge in [0.1, 0.15) is 6.54 Å². The fourth-order valence-electron chi connectivity index (χ4n) is 6.52. The molecule has 3 atom stereocenters. The van der Waals surface area contributed by atoms with Gasteiger partial charge in [0, 0.05) is 48.2 Å². The number of hydrogen-bond acceptors (Lipinski definition) is 6. The first-order valence-electron chi connectivity index (χ1n) is 15.6. The molecule has 234 valence electrons. The van der Waals surface area contributed by atoms with Gasteiger partial charge in [-0.25, -0.2) is 0 Å². The molecule has 0 radical (unpaired) electrons. The van der Waals surface area contributed by atoms with Crippen molar-refractivity contribution in [3.05, 3.63) is 83.7 Å². The van der Waals surface area contributed by atoms with E-state index in [4.69, 9.17) is 9.47 Å². The fourth-order valence-corrected chi connectivity index (χ4v) is 6.52. The minimum atomic E-state index is -0.857. The lowest BCUT2D eigenvalue weighted by Gasteiger charge is -2.30. The van der Waals surface area contributed by atoms with E-state index in [1.165, 1.54) is 5.56 Å². The van der Waals surface area contributed by atoms with Gasteiger partial charge < -0.3 is 24.0 Å². The fraction of sp³-hybridized carbons (Fsp3) is 0.457. The van der Waals surface area contributed by atoms with Crippen LogP contribution in [0.3, 0.4) is 0 Å². The number of benzene rings is 2. The Labute approximate surface area is 260 Å². The number of carbonyl (C=O) groups excluding carboxylic acids is 1. The summed E-state index contributed by atoms with van der Waals surface area (Å²) in [5, 5.41) is 10.6. The number of carboxylic acids is 1. The molecule has 1 unspecified atom stereocenters. The number of ether oxygens (including phenoxy) is 2.